The van der Waals surface area contributed by atoms with Gasteiger partial charge in [-0.05, 0) is 25.5 Å². The van der Waals surface area contributed by atoms with Crippen LogP contribution in [0.25, 0.3) is 0 Å². The molecule has 1 aromatic carbocycles. The third-order valence-corrected chi connectivity index (χ3v) is 3.20. The number of methoxy groups -OCH3 is 1. The van der Waals surface area contributed by atoms with Gasteiger partial charge in [0.15, 0.2) is 0 Å². The maximum Gasteiger partial charge on any atom is 0.119 e. The Hall–Kier alpha value is -0.750. The van der Waals surface area contributed by atoms with Crippen LogP contribution in [0, 0.1) is 0 Å². The summed E-state index contributed by atoms with van der Waals surface area (Å²) in [6, 6.07) is 7.39. The van der Waals surface area contributed by atoms with Crippen LogP contribution >= 0.6 is 7.14 Å². The zero-order chi connectivity index (χ0) is 9.19. The van der Waals surface area contributed by atoms with E-state index >= 15 is 0 Å². The molecular formula is C9H13O2P. The molecule has 2 nitrogen and oxygen atoms in total. The van der Waals surface area contributed by atoms with Crippen molar-refractivity contribution in [3.8, 4) is 5.75 Å². The lowest BCUT2D eigenvalue weighted by molar-refractivity contribution is 0.415. The predicted octanol–water partition coefficient (Wildman–Crippen LogP) is 1.94. The Bertz CT molecular complexity index is 314. The molecule has 0 aromatic heterocycles. The van der Waals surface area contributed by atoms with Gasteiger partial charge >= 0.3 is 0 Å². The molecule has 0 fully saturated rings. The van der Waals surface area contributed by atoms with Crippen LogP contribution in [0.3, 0.4) is 0 Å². The van der Waals surface area contributed by atoms with Gasteiger partial charge in [0.25, 0.3) is 0 Å². The first-order valence-corrected chi connectivity index (χ1v) is 6.34. The number of hydrogen-bond acceptors (Lipinski definition) is 2. The van der Waals surface area contributed by atoms with Gasteiger partial charge in [0.1, 0.15) is 12.9 Å². The van der Waals surface area contributed by atoms with Crippen LogP contribution in [0.15, 0.2) is 24.3 Å². The van der Waals surface area contributed by atoms with Crippen LogP contribution < -0.4 is 10.0 Å². The normalized spacial score (nSPS) is 11.2. The first kappa shape index (κ1) is 9.34. The van der Waals surface area contributed by atoms with Crippen molar-refractivity contribution in [3.63, 3.8) is 0 Å². The molecule has 0 amide bonds. The molecule has 12 heavy (non-hydrogen) atoms. The first-order valence-electron chi connectivity index (χ1n) is 3.73. The Kier molecular flexibility index (Phi) is 2.58. The lowest BCUT2D eigenvalue weighted by Crippen LogP contribution is -2.02. The van der Waals surface area contributed by atoms with Gasteiger partial charge in [0.05, 0.1) is 7.11 Å². The second-order valence-corrected chi connectivity index (χ2v) is 6.27. The molecule has 1 rings (SSSR count). The minimum Gasteiger partial charge on any atom is -0.497 e. The van der Waals surface area contributed by atoms with Gasteiger partial charge in [-0.2, -0.15) is 0 Å². The summed E-state index contributed by atoms with van der Waals surface area (Å²) in [7, 11) is -0.532. The molecule has 1 aromatic rings. The lowest BCUT2D eigenvalue weighted by atomic mass is 10.3. The lowest BCUT2D eigenvalue weighted by Gasteiger charge is -2.07. The Morgan fingerprint density at radius 2 is 2.00 bits per heavy atom. The van der Waals surface area contributed by atoms with Gasteiger partial charge < -0.3 is 9.30 Å². The van der Waals surface area contributed by atoms with E-state index < -0.39 is 7.14 Å². The zero-order valence-corrected chi connectivity index (χ0v) is 8.47. The first-order chi connectivity index (χ1) is 5.54. The van der Waals surface area contributed by atoms with E-state index in [0.29, 0.717) is 0 Å². The molecule has 0 radical (unpaired) electrons. The average Bonchev–Trinajstić information content (AvgIpc) is 2.03. The highest BCUT2D eigenvalue weighted by Crippen LogP contribution is 2.35. The minimum atomic E-state index is -2.14. The Morgan fingerprint density at radius 3 is 2.50 bits per heavy atom. The van der Waals surface area contributed by atoms with Crippen molar-refractivity contribution < 1.29 is 9.30 Å². The Labute approximate surface area is 72.9 Å². The predicted molar refractivity (Wildman–Crippen MR) is 52.1 cm³/mol. The molecule has 0 saturated carbocycles. The fraction of sp³-hybridized carbons (Fsp3) is 0.333. The summed E-state index contributed by atoms with van der Waals surface area (Å²) in [6.07, 6.45) is 0. The number of benzene rings is 1. The molecule has 0 atom stereocenters. The smallest absolute Gasteiger partial charge is 0.119 e. The summed E-state index contributed by atoms with van der Waals surface area (Å²) < 4.78 is 16.7. The van der Waals surface area contributed by atoms with Gasteiger partial charge in [-0.25, -0.2) is 0 Å². The van der Waals surface area contributed by atoms with E-state index in [9.17, 15) is 4.57 Å². The molecule has 0 aliphatic carbocycles. The summed E-state index contributed by atoms with van der Waals surface area (Å²) in [6.45, 7) is 3.50. The molecule has 0 N–H and O–H groups in total. The van der Waals surface area contributed by atoms with Crippen LogP contribution in [0.4, 0.5) is 0 Å². The van der Waals surface area contributed by atoms with E-state index in [4.69, 9.17) is 4.74 Å². The molecule has 0 unspecified atom stereocenters. The highest BCUT2D eigenvalue weighted by molar-refractivity contribution is 7.70. The minimum absolute atomic E-state index is 0.761. The largest absolute Gasteiger partial charge is 0.497 e. The van der Waals surface area contributed by atoms with Crippen molar-refractivity contribution in [1.29, 1.82) is 0 Å². The molecule has 0 heterocycles. The van der Waals surface area contributed by atoms with Gasteiger partial charge in [-0.3, -0.25) is 0 Å². The Balaban J connectivity index is 3.11. The summed E-state index contributed by atoms with van der Waals surface area (Å²) >= 11 is 0. The molecular weight excluding hydrogens is 171 g/mol. The van der Waals surface area contributed by atoms with E-state index in [1.807, 2.05) is 24.3 Å². The molecule has 0 aliphatic rings. The summed E-state index contributed by atoms with van der Waals surface area (Å²) in [5, 5.41) is 0.863. The fourth-order valence-electron chi connectivity index (χ4n) is 0.945. The third kappa shape index (κ3) is 2.12. The van der Waals surface area contributed by atoms with Crippen LogP contribution in [-0.4, -0.2) is 20.4 Å². The highest BCUT2D eigenvalue weighted by Gasteiger charge is 2.10. The SMILES string of the molecule is COc1cccc(P(C)(C)=O)c1. The maximum atomic E-state index is 11.6. The number of rotatable bonds is 2. The van der Waals surface area contributed by atoms with Gasteiger partial charge in [0.2, 0.25) is 0 Å². The second kappa shape index (κ2) is 3.32. The van der Waals surface area contributed by atoms with Crippen LogP contribution in [0.1, 0.15) is 0 Å². The number of ether oxygens (including phenoxy) is 1. The summed E-state index contributed by atoms with van der Waals surface area (Å²) in [5.41, 5.74) is 0. The standard InChI is InChI=1S/C9H13O2P/c1-11-8-5-4-6-9(7-8)12(2,3)10/h4-7H,1-3H3. The van der Waals surface area contributed by atoms with E-state index in [0.717, 1.165) is 11.1 Å². The van der Waals surface area contributed by atoms with Crippen molar-refractivity contribution >= 4 is 12.4 Å². The molecule has 0 saturated heterocycles. The van der Waals surface area contributed by atoms with Gasteiger partial charge in [0, 0.05) is 5.30 Å². The molecule has 0 spiro atoms. The van der Waals surface area contributed by atoms with Crippen molar-refractivity contribution in [1.82, 2.24) is 0 Å². The van der Waals surface area contributed by atoms with E-state index in [2.05, 4.69) is 0 Å². The topological polar surface area (TPSA) is 26.3 Å². The van der Waals surface area contributed by atoms with Gasteiger partial charge in [-0.1, -0.05) is 12.1 Å². The van der Waals surface area contributed by atoms with Crippen molar-refractivity contribution in [3.05, 3.63) is 24.3 Å². The van der Waals surface area contributed by atoms with Gasteiger partial charge in [-0.15, -0.1) is 0 Å². The monoisotopic (exact) mass is 184 g/mol. The third-order valence-electron chi connectivity index (χ3n) is 1.68. The van der Waals surface area contributed by atoms with Crippen LogP contribution in [-0.2, 0) is 4.57 Å². The molecule has 3 heteroatoms. The summed E-state index contributed by atoms with van der Waals surface area (Å²) in [4.78, 5) is 0. The molecule has 0 bridgehead atoms. The maximum absolute atomic E-state index is 11.6. The number of hydrogen-bond donors (Lipinski definition) is 0. The van der Waals surface area contributed by atoms with E-state index in [-0.39, 0.29) is 0 Å². The van der Waals surface area contributed by atoms with Crippen molar-refractivity contribution in [2.45, 2.75) is 0 Å². The fourth-order valence-corrected chi connectivity index (χ4v) is 1.83. The van der Waals surface area contributed by atoms with Crippen molar-refractivity contribution in [2.24, 2.45) is 0 Å². The highest BCUT2D eigenvalue weighted by atomic mass is 31.2. The van der Waals surface area contributed by atoms with E-state index in [1.54, 1.807) is 20.4 Å². The van der Waals surface area contributed by atoms with Crippen molar-refractivity contribution in [2.75, 3.05) is 20.4 Å². The molecule has 66 valence electrons. The average molecular weight is 184 g/mol. The second-order valence-electron chi connectivity index (χ2n) is 3.05. The zero-order valence-electron chi connectivity index (χ0n) is 7.57. The molecule has 0 aliphatic heterocycles. The Morgan fingerprint density at radius 1 is 1.33 bits per heavy atom. The van der Waals surface area contributed by atoms with Crippen LogP contribution in [0.5, 0.6) is 5.75 Å². The quantitative estimate of drug-likeness (QED) is 0.656. The van der Waals surface area contributed by atoms with Crippen LogP contribution in [0.2, 0.25) is 0 Å². The van der Waals surface area contributed by atoms with E-state index in [1.165, 1.54) is 0 Å². The summed E-state index contributed by atoms with van der Waals surface area (Å²) in [5.74, 6) is 0.761.